The second-order valence-corrected chi connectivity index (χ2v) is 8.22. The predicted molar refractivity (Wildman–Crippen MR) is 104 cm³/mol. The molecule has 3 aromatic rings. The molecule has 1 fully saturated rings. The molecule has 0 bridgehead atoms. The summed E-state index contributed by atoms with van der Waals surface area (Å²) in [4.78, 5) is 17.4. The molecule has 4 nitrogen and oxygen atoms in total. The van der Waals surface area contributed by atoms with Gasteiger partial charge in [-0.3, -0.25) is 4.79 Å². The molecule has 1 saturated carbocycles. The van der Waals surface area contributed by atoms with Gasteiger partial charge < -0.3 is 9.73 Å². The first kappa shape index (κ1) is 17.9. The number of nitrogens with one attached hydrogen (secondary N) is 1. The van der Waals surface area contributed by atoms with Crippen molar-refractivity contribution >= 4 is 22.4 Å². The first-order valence-corrected chi connectivity index (χ1v) is 9.96. The summed E-state index contributed by atoms with van der Waals surface area (Å²) < 4.78 is 18.8. The van der Waals surface area contributed by atoms with E-state index in [1.165, 1.54) is 29.9 Å². The second-order valence-electron chi connectivity index (χ2n) is 7.11. The minimum absolute atomic E-state index is 0.0737. The van der Waals surface area contributed by atoms with Crippen molar-refractivity contribution in [3.8, 4) is 0 Å². The maximum atomic E-state index is 13.0. The average Bonchev–Trinajstić information content (AvgIpc) is 3.04. The summed E-state index contributed by atoms with van der Waals surface area (Å²) in [5.41, 5.74) is 1.01. The van der Waals surface area contributed by atoms with Gasteiger partial charge in [-0.1, -0.05) is 19.1 Å². The topological polar surface area (TPSA) is 55.1 Å². The number of hydrogen-bond donors (Lipinski definition) is 1. The molecule has 2 aromatic heterocycles. The minimum Gasteiger partial charge on any atom is -0.466 e. The van der Waals surface area contributed by atoms with E-state index in [0.29, 0.717) is 36.2 Å². The van der Waals surface area contributed by atoms with Gasteiger partial charge in [0.15, 0.2) is 5.13 Å². The number of carbonyl (C=O) groups excluding carboxylic acids is 1. The zero-order valence-electron chi connectivity index (χ0n) is 15.1. The number of thiazole rings is 1. The lowest BCUT2D eigenvalue weighted by molar-refractivity contribution is -0.116. The molecular weight excluding hydrogens is 363 g/mol. The van der Waals surface area contributed by atoms with E-state index >= 15 is 0 Å². The molecule has 1 N–H and O–H groups in total. The number of aryl methyl sites for hydroxylation is 1. The Labute approximate surface area is 161 Å². The molecule has 1 aliphatic carbocycles. The third-order valence-electron chi connectivity index (χ3n) is 4.85. The highest BCUT2D eigenvalue weighted by molar-refractivity contribution is 7.15. The van der Waals surface area contributed by atoms with Gasteiger partial charge in [-0.05, 0) is 42.2 Å². The van der Waals surface area contributed by atoms with Crippen LogP contribution in [0.25, 0.3) is 0 Å². The van der Waals surface area contributed by atoms with Crippen LogP contribution in [0.1, 0.15) is 47.6 Å². The third-order valence-corrected chi connectivity index (χ3v) is 5.76. The summed E-state index contributed by atoms with van der Waals surface area (Å²) >= 11 is 1.44. The highest BCUT2D eigenvalue weighted by Gasteiger charge is 2.36. The number of furan rings is 1. The molecule has 2 atom stereocenters. The van der Waals surface area contributed by atoms with Crippen LogP contribution in [0.2, 0.25) is 0 Å². The fourth-order valence-electron chi connectivity index (χ4n) is 3.12. The summed E-state index contributed by atoms with van der Waals surface area (Å²) in [6, 6.07) is 10.4. The lowest BCUT2D eigenvalue weighted by Crippen LogP contribution is -2.11. The number of carbonyl (C=O) groups is 1. The van der Waals surface area contributed by atoms with Gasteiger partial charge in [0, 0.05) is 36.3 Å². The average molecular weight is 384 g/mol. The van der Waals surface area contributed by atoms with E-state index in [4.69, 9.17) is 4.42 Å². The number of amides is 1. The Hall–Kier alpha value is -2.47. The van der Waals surface area contributed by atoms with Gasteiger partial charge in [-0.2, -0.15) is 0 Å². The summed E-state index contributed by atoms with van der Waals surface area (Å²) in [6.07, 6.45) is 4.56. The molecule has 0 radical (unpaired) electrons. The van der Waals surface area contributed by atoms with Gasteiger partial charge in [-0.15, -0.1) is 11.3 Å². The molecule has 140 valence electrons. The van der Waals surface area contributed by atoms with E-state index in [2.05, 4.69) is 17.2 Å². The Morgan fingerprint density at radius 3 is 2.81 bits per heavy atom. The molecule has 1 aliphatic rings. The van der Waals surface area contributed by atoms with Crippen molar-refractivity contribution in [1.29, 1.82) is 0 Å². The van der Waals surface area contributed by atoms with Crippen LogP contribution in [-0.2, 0) is 17.6 Å². The van der Waals surface area contributed by atoms with Crippen LogP contribution in [0.5, 0.6) is 0 Å². The normalized spacial score (nSPS) is 18.4. The molecule has 1 amide bonds. The number of nitrogens with zero attached hydrogens (tertiary/aromatic N) is 1. The largest absolute Gasteiger partial charge is 0.466 e. The summed E-state index contributed by atoms with van der Waals surface area (Å²) in [5, 5.41) is 3.43. The van der Waals surface area contributed by atoms with Crippen LogP contribution in [0.4, 0.5) is 9.52 Å². The van der Waals surface area contributed by atoms with Crippen LogP contribution in [0, 0.1) is 11.7 Å². The molecule has 2 heterocycles. The molecule has 6 heteroatoms. The van der Waals surface area contributed by atoms with Crippen molar-refractivity contribution in [2.75, 3.05) is 5.32 Å². The number of aromatic nitrogens is 1. The lowest BCUT2D eigenvalue weighted by Gasteiger charge is -2.00. The first-order valence-electron chi connectivity index (χ1n) is 9.14. The molecule has 1 aromatic carbocycles. The standard InChI is InChI=1S/C21H21FN2O2S/c1-13-10-18(13)19-8-6-16(26-19)7-9-20(25)24-21-23-12-17(27-21)11-14-2-4-15(22)5-3-14/h2-6,8,12-13,18H,7,9-11H2,1H3,(H,23,24,25). The summed E-state index contributed by atoms with van der Waals surface area (Å²) in [5.74, 6) is 2.85. The lowest BCUT2D eigenvalue weighted by atomic mass is 10.1. The summed E-state index contributed by atoms with van der Waals surface area (Å²) in [6.45, 7) is 2.22. The van der Waals surface area contributed by atoms with Gasteiger partial charge in [0.1, 0.15) is 17.3 Å². The zero-order valence-corrected chi connectivity index (χ0v) is 15.9. The minimum atomic E-state index is -0.244. The van der Waals surface area contributed by atoms with Crippen molar-refractivity contribution in [3.63, 3.8) is 0 Å². The van der Waals surface area contributed by atoms with Crippen LogP contribution in [0.3, 0.4) is 0 Å². The number of hydrogen-bond acceptors (Lipinski definition) is 4. The Kier molecular flexibility index (Phi) is 5.07. The fourth-order valence-corrected chi connectivity index (χ4v) is 3.98. The van der Waals surface area contributed by atoms with Gasteiger partial charge in [-0.25, -0.2) is 9.37 Å². The van der Waals surface area contributed by atoms with Crippen molar-refractivity contribution < 1.29 is 13.6 Å². The van der Waals surface area contributed by atoms with Gasteiger partial charge in [0.2, 0.25) is 5.91 Å². The Balaban J connectivity index is 1.26. The van der Waals surface area contributed by atoms with E-state index in [0.717, 1.165) is 22.0 Å². The molecule has 0 aliphatic heterocycles. The van der Waals surface area contributed by atoms with E-state index < -0.39 is 0 Å². The maximum Gasteiger partial charge on any atom is 0.226 e. The summed E-state index contributed by atoms with van der Waals surface area (Å²) in [7, 11) is 0. The predicted octanol–water partition coefficient (Wildman–Crippen LogP) is 5.16. The van der Waals surface area contributed by atoms with E-state index in [-0.39, 0.29) is 11.7 Å². The van der Waals surface area contributed by atoms with E-state index in [1.54, 1.807) is 18.3 Å². The van der Waals surface area contributed by atoms with Crippen LogP contribution in [0.15, 0.2) is 47.0 Å². The number of benzene rings is 1. The maximum absolute atomic E-state index is 13.0. The first-order chi connectivity index (χ1) is 13.1. The van der Waals surface area contributed by atoms with Crippen molar-refractivity contribution in [2.24, 2.45) is 5.92 Å². The van der Waals surface area contributed by atoms with Gasteiger partial charge in [0.25, 0.3) is 0 Å². The molecule has 4 rings (SSSR count). The Morgan fingerprint density at radius 2 is 2.07 bits per heavy atom. The molecule has 27 heavy (non-hydrogen) atoms. The highest BCUT2D eigenvalue weighted by Crippen LogP contribution is 2.47. The Bertz CT molecular complexity index is 932. The molecule has 0 saturated heterocycles. The van der Waals surface area contributed by atoms with E-state index in [1.807, 2.05) is 12.1 Å². The third kappa shape index (κ3) is 4.63. The van der Waals surface area contributed by atoms with Crippen LogP contribution < -0.4 is 5.32 Å². The van der Waals surface area contributed by atoms with Gasteiger partial charge >= 0.3 is 0 Å². The number of halogens is 1. The zero-order chi connectivity index (χ0) is 18.8. The number of anilines is 1. The quantitative estimate of drug-likeness (QED) is 0.612. The smallest absolute Gasteiger partial charge is 0.226 e. The molecule has 0 spiro atoms. The Morgan fingerprint density at radius 1 is 1.30 bits per heavy atom. The number of rotatable bonds is 7. The van der Waals surface area contributed by atoms with Crippen LogP contribution in [-0.4, -0.2) is 10.9 Å². The van der Waals surface area contributed by atoms with Crippen LogP contribution >= 0.6 is 11.3 Å². The van der Waals surface area contributed by atoms with Gasteiger partial charge in [0.05, 0.1) is 0 Å². The van der Waals surface area contributed by atoms with E-state index in [9.17, 15) is 9.18 Å². The van der Waals surface area contributed by atoms with Crippen molar-refractivity contribution in [3.05, 3.63) is 70.4 Å². The molecule has 2 unspecified atom stereocenters. The second kappa shape index (κ2) is 7.64. The molecular formula is C21H21FN2O2S. The SMILES string of the molecule is CC1CC1c1ccc(CCC(=O)Nc2ncc(Cc3ccc(F)cc3)s2)o1. The van der Waals surface area contributed by atoms with Crippen molar-refractivity contribution in [2.45, 2.75) is 38.5 Å². The fraction of sp³-hybridized carbons (Fsp3) is 0.333. The highest BCUT2D eigenvalue weighted by atomic mass is 32.1. The monoisotopic (exact) mass is 384 g/mol. The van der Waals surface area contributed by atoms with Crippen molar-refractivity contribution in [1.82, 2.24) is 4.98 Å².